The van der Waals surface area contributed by atoms with Crippen LogP contribution >= 0.6 is 0 Å². The maximum Gasteiger partial charge on any atom is 0.135 e. The number of aromatic nitrogens is 3. The number of furan rings is 1. The molecular weight excluding hydrogens is 891 g/mol. The number of imidazole rings is 1. The van der Waals surface area contributed by atoms with Gasteiger partial charge in [-0.2, -0.15) is 0 Å². The summed E-state index contributed by atoms with van der Waals surface area (Å²) in [7, 11) is 0. The molecule has 10 rings (SSSR count). The summed E-state index contributed by atoms with van der Waals surface area (Å²) < 4.78 is 37.2. The number of hydrogen-bond acceptors (Lipinski definition) is 4. The van der Waals surface area contributed by atoms with Crippen molar-refractivity contribution in [3.63, 3.8) is 0 Å². The van der Waals surface area contributed by atoms with E-state index in [1.54, 1.807) is 18.2 Å². The Balaban J connectivity index is 0.000000255. The Morgan fingerprint density at radius 1 is 0.724 bits per heavy atom. The van der Waals surface area contributed by atoms with E-state index in [0.717, 1.165) is 72.7 Å². The van der Waals surface area contributed by atoms with Crippen LogP contribution in [0.3, 0.4) is 0 Å². The Labute approximate surface area is 358 Å². The second-order valence-electron chi connectivity index (χ2n) is 15.8. The molecule has 0 N–H and O–H groups in total. The first-order valence-electron chi connectivity index (χ1n) is 21.0. The molecule has 0 unspecified atom stereocenters. The molecule has 1 aliphatic heterocycles. The van der Waals surface area contributed by atoms with E-state index in [2.05, 4.69) is 136 Å². The van der Waals surface area contributed by atoms with Crippen LogP contribution in [0.4, 0.5) is 0 Å². The predicted molar refractivity (Wildman–Crippen MR) is 233 cm³/mol. The molecule has 0 saturated heterocycles. The molecule has 0 bridgehead atoms. The molecule has 0 spiro atoms. The fraction of sp³-hybridized carbons (Fsp3) is 0.192. The van der Waals surface area contributed by atoms with Crippen molar-refractivity contribution in [1.82, 2.24) is 14.5 Å². The quantitative estimate of drug-likeness (QED) is 0.161. The van der Waals surface area contributed by atoms with Crippen LogP contribution in [-0.2, 0) is 25.5 Å². The van der Waals surface area contributed by atoms with Gasteiger partial charge in [-0.25, -0.2) is 0 Å². The molecule has 1 radical (unpaired) electrons. The van der Waals surface area contributed by atoms with Gasteiger partial charge in [0.1, 0.15) is 17.1 Å². The summed E-state index contributed by atoms with van der Waals surface area (Å²) in [5, 5.41) is 2.12. The molecular formula is C52H45IrN3O2-2. The number of ether oxygens (including phenoxy) is 1. The van der Waals surface area contributed by atoms with E-state index in [1.807, 2.05) is 36.4 Å². The second-order valence-corrected chi connectivity index (χ2v) is 15.8. The number of fused-ring (bicyclic) bond motifs is 6. The van der Waals surface area contributed by atoms with E-state index < -0.39 is 6.85 Å². The van der Waals surface area contributed by atoms with Crippen LogP contribution in [0.5, 0.6) is 11.5 Å². The number of aryl methyl sites for hydroxylation is 1. The average molecular weight is 939 g/mol. The zero-order chi connectivity index (χ0) is 41.9. The van der Waals surface area contributed by atoms with Gasteiger partial charge in [-0.15, -0.1) is 54.1 Å². The monoisotopic (exact) mass is 939 g/mol. The van der Waals surface area contributed by atoms with Crippen molar-refractivity contribution in [3.8, 4) is 39.8 Å². The third-order valence-electron chi connectivity index (χ3n) is 11.1. The van der Waals surface area contributed by atoms with E-state index in [1.165, 1.54) is 28.6 Å². The Morgan fingerprint density at radius 3 is 2.21 bits per heavy atom. The van der Waals surface area contributed by atoms with Gasteiger partial charge in [-0.3, -0.25) is 4.98 Å². The minimum absolute atomic E-state index is 0. The SMILES string of the molecule is CC(C)c1cccc(C(C)C)c1-n1c(-c2[c-]ccc3c2oc2cc4c(cc23)C(C)(C)c2ccccc2O4)nc2ccccc21.[2H]C([2H])([2H])c1ccc(-c2[c-]cccc2)nc1.[Ir]. The molecule has 0 atom stereocenters. The summed E-state index contributed by atoms with van der Waals surface area (Å²) in [6, 6.07) is 49.1. The van der Waals surface area contributed by atoms with Gasteiger partial charge in [0.15, 0.2) is 0 Å². The van der Waals surface area contributed by atoms with E-state index in [4.69, 9.17) is 18.3 Å². The largest absolute Gasteiger partial charge is 0.500 e. The Bertz CT molecular complexity index is 3010. The van der Waals surface area contributed by atoms with Crippen molar-refractivity contribution >= 4 is 33.0 Å². The fourth-order valence-electron chi connectivity index (χ4n) is 8.14. The van der Waals surface area contributed by atoms with E-state index in [-0.39, 0.29) is 31.1 Å². The fourth-order valence-corrected chi connectivity index (χ4v) is 8.14. The van der Waals surface area contributed by atoms with Gasteiger partial charge in [0.05, 0.1) is 22.4 Å². The zero-order valence-electron chi connectivity index (χ0n) is 36.3. The first-order valence-corrected chi connectivity index (χ1v) is 19.5. The van der Waals surface area contributed by atoms with Gasteiger partial charge < -0.3 is 18.7 Å². The molecule has 0 fully saturated rings. The standard InChI is InChI=1S/C40H35N2O2.C12H10N.Ir/c1-23(2)25-13-11-14-26(24(3)4)37(25)42-33-19-9-8-18-32(33)41-39(42)28-16-12-15-27-29-21-31-36(22-35(29)44-38(27)28)43-34-20-10-7-17-30(34)40(31,5)6;1-10-7-8-12(13-9-10)11-5-3-2-4-6-11;/h7-15,17-24H,1-6H3;2-5,7-9H,1H3;/q2*-1;/i;1D3;. The second kappa shape index (κ2) is 15.5. The van der Waals surface area contributed by atoms with Crippen molar-refractivity contribution in [2.75, 3.05) is 0 Å². The molecule has 9 aromatic rings. The topological polar surface area (TPSA) is 53.1 Å². The zero-order valence-corrected chi connectivity index (χ0v) is 35.7. The first-order chi connectivity index (χ1) is 28.8. The number of benzene rings is 6. The number of para-hydroxylation sites is 4. The Hall–Kier alpha value is -5.81. The molecule has 0 amide bonds. The normalized spacial score (nSPS) is 13.8. The van der Waals surface area contributed by atoms with Gasteiger partial charge in [0.25, 0.3) is 0 Å². The van der Waals surface area contributed by atoms with E-state index >= 15 is 0 Å². The van der Waals surface area contributed by atoms with Crippen LogP contribution in [0, 0.1) is 19.0 Å². The van der Waals surface area contributed by atoms with Gasteiger partial charge in [0.2, 0.25) is 0 Å². The summed E-state index contributed by atoms with van der Waals surface area (Å²) in [5.41, 5.74) is 12.2. The van der Waals surface area contributed by atoms with Crippen molar-refractivity contribution in [2.45, 2.75) is 65.6 Å². The molecule has 0 saturated carbocycles. The number of rotatable bonds is 5. The van der Waals surface area contributed by atoms with Crippen LogP contribution in [0.15, 0.2) is 138 Å². The minimum Gasteiger partial charge on any atom is -0.500 e. The van der Waals surface area contributed by atoms with Crippen LogP contribution in [0.1, 0.15) is 85.3 Å². The molecule has 58 heavy (non-hydrogen) atoms. The maximum absolute atomic E-state index is 7.23. The summed E-state index contributed by atoms with van der Waals surface area (Å²) >= 11 is 0. The van der Waals surface area contributed by atoms with E-state index in [9.17, 15) is 0 Å². The van der Waals surface area contributed by atoms with Crippen LogP contribution in [0.25, 0.3) is 61.3 Å². The summed E-state index contributed by atoms with van der Waals surface area (Å²) in [6.45, 7) is 11.5. The van der Waals surface area contributed by atoms with Crippen molar-refractivity contribution in [3.05, 3.63) is 174 Å². The number of hydrogen-bond donors (Lipinski definition) is 0. The van der Waals surface area contributed by atoms with Gasteiger partial charge >= 0.3 is 0 Å². The van der Waals surface area contributed by atoms with Gasteiger partial charge in [0, 0.05) is 64.1 Å². The number of nitrogens with zero attached hydrogens (tertiary/aromatic N) is 3. The van der Waals surface area contributed by atoms with Crippen LogP contribution < -0.4 is 4.74 Å². The summed E-state index contributed by atoms with van der Waals surface area (Å²) in [5.74, 6) is 3.24. The van der Waals surface area contributed by atoms with Crippen molar-refractivity contribution < 1.29 is 33.4 Å². The summed E-state index contributed by atoms with van der Waals surface area (Å²) in [4.78, 5) is 9.38. The smallest absolute Gasteiger partial charge is 0.135 e. The van der Waals surface area contributed by atoms with Gasteiger partial charge in [-0.1, -0.05) is 113 Å². The molecule has 291 valence electrons. The minimum atomic E-state index is -2.09. The molecule has 3 aromatic heterocycles. The molecule has 1 aliphatic rings. The molecule has 6 heteroatoms. The van der Waals surface area contributed by atoms with Crippen molar-refractivity contribution in [1.29, 1.82) is 0 Å². The molecule has 0 aliphatic carbocycles. The third-order valence-corrected chi connectivity index (χ3v) is 11.1. The van der Waals surface area contributed by atoms with Gasteiger partial charge in [-0.05, 0) is 65.3 Å². The average Bonchev–Trinajstić information content (AvgIpc) is 3.81. The van der Waals surface area contributed by atoms with Crippen LogP contribution in [0.2, 0.25) is 0 Å². The third kappa shape index (κ3) is 6.74. The van der Waals surface area contributed by atoms with E-state index in [0.29, 0.717) is 11.8 Å². The Kier molecular flexibility index (Phi) is 9.45. The molecule has 6 aromatic carbocycles. The molecule has 4 heterocycles. The Morgan fingerprint density at radius 2 is 1.48 bits per heavy atom. The van der Waals surface area contributed by atoms with Crippen molar-refractivity contribution in [2.24, 2.45) is 0 Å². The number of pyridine rings is 1. The first kappa shape index (κ1) is 35.4. The molecule has 5 nitrogen and oxygen atoms in total. The predicted octanol–water partition coefficient (Wildman–Crippen LogP) is 13.9. The maximum atomic E-state index is 7.23. The summed E-state index contributed by atoms with van der Waals surface area (Å²) in [6.07, 6.45) is 1.39. The van der Waals surface area contributed by atoms with Crippen LogP contribution in [-0.4, -0.2) is 14.5 Å².